The Morgan fingerprint density at radius 1 is 0.574 bits per heavy atom. The van der Waals surface area contributed by atoms with Gasteiger partial charge < -0.3 is 0 Å². The van der Waals surface area contributed by atoms with E-state index >= 15 is 0 Å². The minimum absolute atomic E-state index is 0.312. The fourth-order valence-corrected chi connectivity index (χ4v) is 6.67. The van der Waals surface area contributed by atoms with E-state index in [-0.39, 0.29) is 0 Å². The molecule has 6 heterocycles. The van der Waals surface area contributed by atoms with Gasteiger partial charge in [0.05, 0.1) is 40.2 Å². The third-order valence-electron chi connectivity index (χ3n) is 8.70. The second-order valence-corrected chi connectivity index (χ2v) is 13.4. The Morgan fingerprint density at radius 2 is 1.13 bits per heavy atom. The van der Waals surface area contributed by atoms with E-state index in [0.717, 1.165) is 27.9 Å². The predicted octanol–water partition coefficient (Wildman–Crippen LogP) is 9.53. The van der Waals surface area contributed by atoms with Crippen molar-refractivity contribution in [1.82, 2.24) is 44.7 Å². The Bertz CT molecular complexity index is 2780. The van der Waals surface area contributed by atoms with Crippen molar-refractivity contribution in [1.29, 1.82) is 0 Å². The zero-order chi connectivity index (χ0) is 36.4. The maximum Gasteiger partial charge on any atom is 0.243 e. The number of hydrogen-bond donors (Lipinski definition) is 2. The molecule has 0 radical (unpaired) electrons. The number of halogens is 2. The molecule has 0 amide bonds. The molecule has 3 aromatic carbocycles. The molecular weight excluding hydrogens is 762 g/mol. The highest BCUT2D eigenvalue weighted by Crippen LogP contribution is 2.34. The van der Waals surface area contributed by atoms with Gasteiger partial charge in [-0.3, -0.25) is 15.5 Å². The monoisotopic (exact) mass is 787 g/mol. The molecule has 9 rings (SSSR count). The molecule has 0 aliphatic rings. The van der Waals surface area contributed by atoms with Crippen molar-refractivity contribution >= 4 is 61.5 Å². The van der Waals surface area contributed by atoms with Crippen LogP contribution in [0.15, 0.2) is 145 Å². The second-order valence-electron chi connectivity index (χ2n) is 12.3. The summed E-state index contributed by atoms with van der Waals surface area (Å²) in [6.45, 7) is 0.665. The van der Waals surface area contributed by atoms with Crippen LogP contribution in [0, 0.1) is 0 Å². The van der Waals surface area contributed by atoms with Gasteiger partial charge in [0.2, 0.25) is 11.9 Å². The lowest BCUT2D eigenvalue weighted by Crippen LogP contribution is -2.15. The molecule has 0 atom stereocenters. The van der Waals surface area contributed by atoms with Crippen LogP contribution in [0.1, 0.15) is 5.56 Å². The first kappa shape index (κ1) is 33.2. The molecule has 0 saturated heterocycles. The molecule has 0 saturated carbocycles. The first-order valence-electron chi connectivity index (χ1n) is 16.9. The molecule has 0 bridgehead atoms. The van der Waals surface area contributed by atoms with Gasteiger partial charge in [-0.2, -0.15) is 5.10 Å². The largest absolute Gasteiger partial charge is 0.268 e. The van der Waals surface area contributed by atoms with E-state index in [4.69, 9.17) is 41.5 Å². The van der Waals surface area contributed by atoms with E-state index < -0.39 is 0 Å². The molecule has 13 heteroatoms. The van der Waals surface area contributed by atoms with Crippen molar-refractivity contribution in [2.75, 3.05) is 10.9 Å². The van der Waals surface area contributed by atoms with Gasteiger partial charge in [0.15, 0.2) is 0 Å². The smallest absolute Gasteiger partial charge is 0.243 e. The quantitative estimate of drug-likeness (QED) is 0.108. The first-order valence-corrected chi connectivity index (χ1v) is 18.1. The highest BCUT2D eigenvalue weighted by Gasteiger charge is 2.17. The lowest BCUT2D eigenvalue weighted by Gasteiger charge is -2.13. The molecule has 260 valence electrons. The summed E-state index contributed by atoms with van der Waals surface area (Å²) in [4.78, 5) is 33.7. The molecular formula is C41H27BrClN11. The highest BCUT2D eigenvalue weighted by molar-refractivity contribution is 9.10. The standard InChI is InChI=1S/C41H27BrClN11/c42-39-34(43)29(20-21-44-39)31-17-19-33-38(47-31)36(27-14-8-3-9-15-27)51-41(49-33)53-52-40-48-32-18-16-30(46-37(32)35(50-40)26-12-6-2-7-13-26)28-22-45-54(24-28)23-25-10-4-1-5-11-25/h1-22,24H,23H2,(H,48,50,52)(H,49,51,53). The van der Waals surface area contributed by atoms with Crippen molar-refractivity contribution in [2.45, 2.75) is 6.54 Å². The van der Waals surface area contributed by atoms with Gasteiger partial charge in [-0.1, -0.05) is 103 Å². The van der Waals surface area contributed by atoms with Crippen LogP contribution in [0.5, 0.6) is 0 Å². The zero-order valence-electron chi connectivity index (χ0n) is 28.3. The lowest BCUT2D eigenvalue weighted by molar-refractivity contribution is 0.687. The highest BCUT2D eigenvalue weighted by atomic mass is 79.9. The summed E-state index contributed by atoms with van der Waals surface area (Å²) in [5.41, 5.74) is 16.2. The molecule has 0 aliphatic heterocycles. The molecule has 0 aliphatic carbocycles. The summed E-state index contributed by atoms with van der Waals surface area (Å²) in [6.07, 6.45) is 5.51. The maximum atomic E-state index is 6.59. The van der Waals surface area contributed by atoms with E-state index in [1.54, 1.807) is 6.20 Å². The summed E-state index contributed by atoms with van der Waals surface area (Å²) >= 11 is 10.0. The zero-order valence-corrected chi connectivity index (χ0v) is 30.6. The summed E-state index contributed by atoms with van der Waals surface area (Å²) < 4.78 is 2.45. The second kappa shape index (κ2) is 14.4. The Balaban J connectivity index is 1.06. The third kappa shape index (κ3) is 6.71. The third-order valence-corrected chi connectivity index (χ3v) is 9.92. The maximum absolute atomic E-state index is 6.59. The Labute approximate surface area is 322 Å². The first-order chi connectivity index (χ1) is 26.6. The molecule has 6 aromatic heterocycles. The number of fused-ring (bicyclic) bond motifs is 2. The van der Waals surface area contributed by atoms with E-state index in [0.29, 0.717) is 67.2 Å². The van der Waals surface area contributed by atoms with E-state index in [1.807, 2.05) is 126 Å². The summed E-state index contributed by atoms with van der Waals surface area (Å²) in [5.74, 6) is 0.634. The number of rotatable bonds is 9. The van der Waals surface area contributed by atoms with Gasteiger partial charge in [-0.05, 0) is 51.8 Å². The molecule has 0 unspecified atom stereocenters. The van der Waals surface area contributed by atoms with Crippen LogP contribution in [0.25, 0.3) is 67.1 Å². The van der Waals surface area contributed by atoms with Gasteiger partial charge in [0, 0.05) is 34.6 Å². The number of anilines is 2. The molecule has 11 nitrogen and oxygen atoms in total. The van der Waals surface area contributed by atoms with Crippen molar-refractivity contribution < 1.29 is 0 Å². The number of hydrogen-bond acceptors (Lipinski definition) is 10. The fraction of sp³-hybridized carbons (Fsp3) is 0.0244. The molecule has 9 aromatic rings. The van der Waals surface area contributed by atoms with Crippen LogP contribution in [-0.4, -0.2) is 44.7 Å². The van der Waals surface area contributed by atoms with Crippen LogP contribution in [0.2, 0.25) is 5.02 Å². The van der Waals surface area contributed by atoms with Crippen LogP contribution in [0.4, 0.5) is 11.9 Å². The Hall–Kier alpha value is -6.63. The summed E-state index contributed by atoms with van der Waals surface area (Å²) in [6, 6.07) is 39.5. The Kier molecular flexibility index (Phi) is 8.87. The number of hydrazine groups is 1. The van der Waals surface area contributed by atoms with E-state index in [2.05, 4.69) is 49.0 Å². The minimum Gasteiger partial charge on any atom is -0.268 e. The molecule has 2 N–H and O–H groups in total. The normalized spacial score (nSPS) is 11.2. The Morgan fingerprint density at radius 3 is 1.74 bits per heavy atom. The van der Waals surface area contributed by atoms with Gasteiger partial charge >= 0.3 is 0 Å². The topological polar surface area (TPSA) is 132 Å². The minimum atomic E-state index is 0.312. The number of pyridine rings is 3. The predicted molar refractivity (Wildman–Crippen MR) is 215 cm³/mol. The van der Waals surface area contributed by atoms with Crippen molar-refractivity contribution in [2.24, 2.45) is 0 Å². The number of benzene rings is 3. The number of nitrogens with one attached hydrogen (secondary N) is 2. The van der Waals surface area contributed by atoms with Gasteiger partial charge in [-0.25, -0.2) is 34.9 Å². The van der Waals surface area contributed by atoms with Gasteiger partial charge in [0.25, 0.3) is 0 Å². The molecule has 54 heavy (non-hydrogen) atoms. The SMILES string of the molecule is Clc1c(-c2ccc3nc(NNc4nc(-c5ccccc5)c5nc(-c6cnn(Cc7ccccc7)c6)ccc5n4)nc(-c4ccccc4)c3n2)ccnc1Br. The lowest BCUT2D eigenvalue weighted by atomic mass is 10.1. The molecule has 0 fully saturated rings. The van der Waals surface area contributed by atoms with Crippen LogP contribution in [0.3, 0.4) is 0 Å². The molecule has 0 spiro atoms. The van der Waals surface area contributed by atoms with Crippen molar-refractivity contribution in [3.05, 3.63) is 155 Å². The summed E-state index contributed by atoms with van der Waals surface area (Å²) in [5, 5.41) is 5.06. The number of nitrogens with zero attached hydrogens (tertiary/aromatic N) is 9. The number of aromatic nitrogens is 9. The summed E-state index contributed by atoms with van der Waals surface area (Å²) in [7, 11) is 0. The van der Waals surface area contributed by atoms with Crippen molar-refractivity contribution in [3.8, 4) is 45.0 Å². The van der Waals surface area contributed by atoms with Crippen LogP contribution < -0.4 is 10.9 Å². The van der Waals surface area contributed by atoms with E-state index in [9.17, 15) is 0 Å². The van der Waals surface area contributed by atoms with Crippen LogP contribution in [-0.2, 0) is 6.54 Å². The van der Waals surface area contributed by atoms with E-state index in [1.165, 1.54) is 5.56 Å². The van der Waals surface area contributed by atoms with Gasteiger partial charge in [-0.15, -0.1) is 0 Å². The van der Waals surface area contributed by atoms with Gasteiger partial charge in [0.1, 0.15) is 27.0 Å². The fourth-order valence-electron chi connectivity index (χ4n) is 6.13. The van der Waals surface area contributed by atoms with Crippen LogP contribution >= 0.6 is 27.5 Å². The average molecular weight is 789 g/mol. The average Bonchev–Trinajstić information content (AvgIpc) is 3.69. The van der Waals surface area contributed by atoms with Crippen molar-refractivity contribution in [3.63, 3.8) is 0 Å².